The van der Waals surface area contributed by atoms with Crippen molar-refractivity contribution in [2.24, 2.45) is 5.92 Å². The van der Waals surface area contributed by atoms with Crippen molar-refractivity contribution < 1.29 is 13.2 Å². The van der Waals surface area contributed by atoms with E-state index in [0.29, 0.717) is 36.9 Å². The molecular weight excluding hydrogens is 324 g/mol. The first-order chi connectivity index (χ1) is 11.5. The van der Waals surface area contributed by atoms with E-state index in [4.69, 9.17) is 0 Å². The second-order valence-electron chi connectivity index (χ2n) is 6.88. The van der Waals surface area contributed by atoms with Crippen molar-refractivity contribution in [3.05, 3.63) is 30.3 Å². The number of hydrogen-bond acceptors (Lipinski definition) is 3. The first kappa shape index (κ1) is 17.4. The molecule has 0 bridgehead atoms. The minimum Gasteiger partial charge on any atom is -0.343 e. The molecule has 1 saturated heterocycles. The summed E-state index contributed by atoms with van der Waals surface area (Å²) < 4.78 is 26.8. The molecule has 24 heavy (non-hydrogen) atoms. The SMILES string of the molecule is CN(C(=O)C1CCN(S(=O)(=O)c2ccccc2)CC1)C1CCCC1. The van der Waals surface area contributed by atoms with Gasteiger partial charge in [0.2, 0.25) is 15.9 Å². The largest absolute Gasteiger partial charge is 0.343 e. The van der Waals surface area contributed by atoms with Crippen molar-refractivity contribution in [3.8, 4) is 0 Å². The van der Waals surface area contributed by atoms with Crippen molar-refractivity contribution in [1.29, 1.82) is 0 Å². The maximum absolute atomic E-state index is 12.7. The van der Waals surface area contributed by atoms with Gasteiger partial charge in [-0.1, -0.05) is 31.0 Å². The number of rotatable bonds is 4. The molecule has 1 aromatic rings. The summed E-state index contributed by atoms with van der Waals surface area (Å²) in [5, 5.41) is 0. The Kier molecular flexibility index (Phi) is 5.25. The molecule has 3 rings (SSSR count). The fourth-order valence-corrected chi connectivity index (χ4v) is 5.33. The molecule has 5 nitrogen and oxygen atoms in total. The van der Waals surface area contributed by atoms with E-state index in [1.165, 1.54) is 17.1 Å². The van der Waals surface area contributed by atoms with Gasteiger partial charge in [-0.05, 0) is 37.8 Å². The number of hydrogen-bond donors (Lipinski definition) is 0. The lowest BCUT2D eigenvalue weighted by Crippen LogP contribution is -2.45. The van der Waals surface area contributed by atoms with Crippen LogP contribution in [-0.2, 0) is 14.8 Å². The molecule has 0 radical (unpaired) electrons. The molecule has 2 aliphatic rings. The van der Waals surface area contributed by atoms with Gasteiger partial charge in [0.1, 0.15) is 0 Å². The summed E-state index contributed by atoms with van der Waals surface area (Å²) in [5.74, 6) is 0.150. The molecule has 0 unspecified atom stereocenters. The number of amides is 1. The second-order valence-corrected chi connectivity index (χ2v) is 8.82. The van der Waals surface area contributed by atoms with Gasteiger partial charge in [-0.15, -0.1) is 0 Å². The summed E-state index contributed by atoms with van der Waals surface area (Å²) in [6.07, 6.45) is 5.84. The van der Waals surface area contributed by atoms with E-state index in [9.17, 15) is 13.2 Å². The summed E-state index contributed by atoms with van der Waals surface area (Å²) in [6, 6.07) is 8.91. The lowest BCUT2D eigenvalue weighted by molar-refractivity contribution is -0.137. The molecule has 1 heterocycles. The summed E-state index contributed by atoms with van der Waals surface area (Å²) in [5.41, 5.74) is 0. The zero-order valence-electron chi connectivity index (χ0n) is 14.2. The Morgan fingerprint density at radius 3 is 2.21 bits per heavy atom. The van der Waals surface area contributed by atoms with Gasteiger partial charge in [0.25, 0.3) is 0 Å². The topological polar surface area (TPSA) is 57.7 Å². The smallest absolute Gasteiger partial charge is 0.243 e. The quantitative estimate of drug-likeness (QED) is 0.838. The van der Waals surface area contributed by atoms with Crippen molar-refractivity contribution in [1.82, 2.24) is 9.21 Å². The Bertz CT molecular complexity index is 661. The van der Waals surface area contributed by atoms with E-state index in [-0.39, 0.29) is 11.8 Å². The average molecular weight is 350 g/mol. The molecule has 1 amide bonds. The number of sulfonamides is 1. The Morgan fingerprint density at radius 1 is 1.04 bits per heavy atom. The van der Waals surface area contributed by atoms with Crippen LogP contribution in [0.2, 0.25) is 0 Å². The van der Waals surface area contributed by atoms with Crippen LogP contribution in [0.3, 0.4) is 0 Å². The number of carbonyl (C=O) groups excluding carboxylic acids is 1. The molecule has 1 aromatic carbocycles. The predicted molar refractivity (Wildman–Crippen MR) is 93.0 cm³/mol. The summed E-state index contributed by atoms with van der Waals surface area (Å²) >= 11 is 0. The highest BCUT2D eigenvalue weighted by molar-refractivity contribution is 7.89. The van der Waals surface area contributed by atoms with Gasteiger partial charge in [-0.2, -0.15) is 4.31 Å². The maximum atomic E-state index is 12.7. The molecule has 1 saturated carbocycles. The standard InChI is InChI=1S/C18H26N2O3S/c1-19(16-7-5-6-8-16)18(21)15-11-13-20(14-12-15)24(22,23)17-9-3-2-4-10-17/h2-4,9-10,15-16H,5-8,11-14H2,1H3. The van der Waals surface area contributed by atoms with Crippen molar-refractivity contribution in [2.75, 3.05) is 20.1 Å². The molecule has 0 N–H and O–H groups in total. The number of piperidine rings is 1. The van der Waals surface area contributed by atoms with Crippen molar-refractivity contribution >= 4 is 15.9 Å². The van der Waals surface area contributed by atoms with E-state index in [0.717, 1.165) is 12.8 Å². The van der Waals surface area contributed by atoms with Gasteiger partial charge >= 0.3 is 0 Å². The van der Waals surface area contributed by atoms with Crippen LogP contribution in [-0.4, -0.2) is 49.7 Å². The third kappa shape index (κ3) is 3.49. The Labute approximate surface area is 144 Å². The maximum Gasteiger partial charge on any atom is 0.243 e. The number of nitrogens with zero attached hydrogens (tertiary/aromatic N) is 2. The summed E-state index contributed by atoms with van der Waals surface area (Å²) in [6.45, 7) is 0.846. The van der Waals surface area contributed by atoms with E-state index >= 15 is 0 Å². The summed E-state index contributed by atoms with van der Waals surface area (Å²) in [4.78, 5) is 14.9. The van der Waals surface area contributed by atoms with Crippen LogP contribution in [0.1, 0.15) is 38.5 Å². The molecule has 132 valence electrons. The summed E-state index contributed by atoms with van der Waals surface area (Å²) in [7, 11) is -1.53. The molecule has 0 spiro atoms. The monoisotopic (exact) mass is 350 g/mol. The van der Waals surface area contributed by atoms with Crippen LogP contribution >= 0.6 is 0 Å². The van der Waals surface area contributed by atoms with E-state index < -0.39 is 10.0 Å². The lowest BCUT2D eigenvalue weighted by atomic mass is 9.96. The van der Waals surface area contributed by atoms with Crippen LogP contribution in [0.4, 0.5) is 0 Å². The number of benzene rings is 1. The predicted octanol–water partition coefficient (Wildman–Crippen LogP) is 2.49. The Balaban J connectivity index is 1.60. The van der Waals surface area contributed by atoms with Crippen molar-refractivity contribution in [2.45, 2.75) is 49.5 Å². The first-order valence-electron chi connectivity index (χ1n) is 8.82. The highest BCUT2D eigenvalue weighted by atomic mass is 32.2. The van der Waals surface area contributed by atoms with Gasteiger partial charge in [-0.3, -0.25) is 4.79 Å². The van der Waals surface area contributed by atoms with E-state index in [2.05, 4.69) is 0 Å². The van der Waals surface area contributed by atoms with Crippen LogP contribution < -0.4 is 0 Å². The molecule has 1 aliphatic heterocycles. The number of carbonyl (C=O) groups is 1. The van der Waals surface area contributed by atoms with Gasteiger partial charge < -0.3 is 4.90 Å². The molecule has 6 heteroatoms. The molecule has 1 aliphatic carbocycles. The minimum atomic E-state index is -3.44. The van der Waals surface area contributed by atoms with Crippen LogP contribution in [0, 0.1) is 5.92 Å². The third-order valence-electron chi connectivity index (χ3n) is 5.40. The van der Waals surface area contributed by atoms with E-state index in [1.807, 2.05) is 18.0 Å². The Hall–Kier alpha value is -1.40. The molecule has 0 aromatic heterocycles. The van der Waals surface area contributed by atoms with Crippen molar-refractivity contribution in [3.63, 3.8) is 0 Å². The molecular formula is C18H26N2O3S. The zero-order chi connectivity index (χ0) is 17.2. The van der Waals surface area contributed by atoms with Gasteiger partial charge in [0.05, 0.1) is 4.90 Å². The van der Waals surface area contributed by atoms with Gasteiger partial charge in [0, 0.05) is 32.1 Å². The molecule has 0 atom stereocenters. The average Bonchev–Trinajstić information content (AvgIpc) is 3.16. The normalized spacial score (nSPS) is 21.0. The fraction of sp³-hybridized carbons (Fsp3) is 0.611. The van der Waals surface area contributed by atoms with Crippen LogP contribution in [0.25, 0.3) is 0 Å². The first-order valence-corrected chi connectivity index (χ1v) is 10.3. The van der Waals surface area contributed by atoms with Crippen LogP contribution in [0.5, 0.6) is 0 Å². The minimum absolute atomic E-state index is 0.0437. The fourth-order valence-electron chi connectivity index (χ4n) is 3.84. The second kappa shape index (κ2) is 7.23. The van der Waals surface area contributed by atoms with Gasteiger partial charge in [0.15, 0.2) is 0 Å². The van der Waals surface area contributed by atoms with E-state index in [1.54, 1.807) is 24.3 Å². The highest BCUT2D eigenvalue weighted by Crippen LogP contribution is 2.28. The highest BCUT2D eigenvalue weighted by Gasteiger charge is 2.34. The molecule has 2 fully saturated rings. The van der Waals surface area contributed by atoms with Gasteiger partial charge in [-0.25, -0.2) is 8.42 Å². The zero-order valence-corrected chi connectivity index (χ0v) is 15.0. The Morgan fingerprint density at radius 2 is 1.62 bits per heavy atom. The lowest BCUT2D eigenvalue weighted by Gasteiger charge is -2.34. The third-order valence-corrected chi connectivity index (χ3v) is 7.32. The van der Waals surface area contributed by atoms with Crippen LogP contribution in [0.15, 0.2) is 35.2 Å².